The van der Waals surface area contributed by atoms with Gasteiger partial charge in [0.25, 0.3) is 0 Å². The normalized spacial score (nSPS) is 7.71. The lowest BCUT2D eigenvalue weighted by Gasteiger charge is -1.98. The SMILES string of the molecule is CC.CC.CC(C)C.CCC(C)CC. The first-order valence-electron chi connectivity index (χ1n) is 6.54. The third-order valence-corrected chi connectivity index (χ3v) is 1.39. The van der Waals surface area contributed by atoms with Crippen molar-refractivity contribution in [2.75, 3.05) is 0 Å². The Hall–Kier alpha value is 0. The fraction of sp³-hybridized carbons (Fsp3) is 1.00. The molecular weight excluding hydrogens is 168 g/mol. The highest BCUT2D eigenvalue weighted by Gasteiger charge is 1.88. The predicted octanol–water partition coefficient (Wildman–Crippen LogP) is 6.16. The van der Waals surface area contributed by atoms with Crippen LogP contribution in [-0.4, -0.2) is 0 Å². The van der Waals surface area contributed by atoms with E-state index in [9.17, 15) is 0 Å². The molecule has 0 atom stereocenters. The average molecular weight is 204 g/mol. The van der Waals surface area contributed by atoms with Crippen molar-refractivity contribution in [3.63, 3.8) is 0 Å². The lowest BCUT2D eigenvalue weighted by atomic mass is 10.1. The summed E-state index contributed by atoms with van der Waals surface area (Å²) >= 11 is 0. The van der Waals surface area contributed by atoms with Crippen LogP contribution in [0.25, 0.3) is 0 Å². The van der Waals surface area contributed by atoms with Crippen LogP contribution >= 0.6 is 0 Å². The molecule has 0 unspecified atom stereocenters. The van der Waals surface area contributed by atoms with Gasteiger partial charge in [0.2, 0.25) is 0 Å². The molecule has 0 heterocycles. The minimum Gasteiger partial charge on any atom is -0.0683 e. The van der Waals surface area contributed by atoms with Gasteiger partial charge in [-0.1, -0.05) is 82.1 Å². The van der Waals surface area contributed by atoms with Crippen LogP contribution in [0.2, 0.25) is 0 Å². The number of rotatable bonds is 2. The monoisotopic (exact) mass is 204 g/mol. The molecule has 14 heavy (non-hydrogen) atoms. The van der Waals surface area contributed by atoms with Crippen LogP contribution in [0.1, 0.15) is 82.1 Å². The predicted molar refractivity (Wildman–Crippen MR) is 73.0 cm³/mol. The molecule has 0 fully saturated rings. The molecule has 0 radical (unpaired) electrons. The van der Waals surface area contributed by atoms with Gasteiger partial charge in [0.15, 0.2) is 0 Å². The summed E-state index contributed by atoms with van der Waals surface area (Å²) in [6.45, 7) is 21.2. The summed E-state index contributed by atoms with van der Waals surface area (Å²) in [5.74, 6) is 1.77. The van der Waals surface area contributed by atoms with Crippen LogP contribution in [-0.2, 0) is 0 Å². The fourth-order valence-electron chi connectivity index (χ4n) is 0.289. The Morgan fingerprint density at radius 2 is 0.786 bits per heavy atom. The van der Waals surface area contributed by atoms with Gasteiger partial charge in [-0.15, -0.1) is 0 Å². The fourth-order valence-corrected chi connectivity index (χ4v) is 0.289. The standard InChI is InChI=1S/C6H14.C4H10.2C2H6/c1-4-6(3)5-2;1-4(2)3;2*1-2/h6H,4-5H2,1-3H3;4H,1-3H3;2*1-2H3. The van der Waals surface area contributed by atoms with Gasteiger partial charge in [-0.2, -0.15) is 0 Å². The molecule has 0 aromatic heterocycles. The maximum atomic E-state index is 2.28. The summed E-state index contributed by atoms with van der Waals surface area (Å²) in [6.07, 6.45) is 2.66. The Balaban J connectivity index is -0.0000000546. The topological polar surface area (TPSA) is 0 Å². The Morgan fingerprint density at radius 3 is 0.786 bits per heavy atom. The van der Waals surface area contributed by atoms with Crippen molar-refractivity contribution in [2.45, 2.75) is 82.1 Å². The van der Waals surface area contributed by atoms with Crippen molar-refractivity contribution in [3.8, 4) is 0 Å². The van der Waals surface area contributed by atoms with Crippen LogP contribution in [0.15, 0.2) is 0 Å². The molecule has 0 bridgehead atoms. The molecule has 0 amide bonds. The van der Waals surface area contributed by atoms with E-state index in [1.807, 2.05) is 27.7 Å². The summed E-state index contributed by atoms with van der Waals surface area (Å²) in [4.78, 5) is 0. The summed E-state index contributed by atoms with van der Waals surface area (Å²) < 4.78 is 0. The molecule has 0 aliphatic rings. The Morgan fingerprint density at radius 1 is 0.643 bits per heavy atom. The molecule has 0 saturated heterocycles. The second-order valence-corrected chi connectivity index (χ2v) is 3.65. The zero-order valence-corrected chi connectivity index (χ0v) is 12.6. The summed E-state index contributed by atoms with van der Waals surface area (Å²) in [7, 11) is 0. The van der Waals surface area contributed by atoms with E-state index in [4.69, 9.17) is 0 Å². The second kappa shape index (κ2) is 29.2. The Bertz CT molecular complexity index is 39.2. The van der Waals surface area contributed by atoms with Gasteiger partial charge in [0.1, 0.15) is 0 Å². The maximum absolute atomic E-state index is 2.28. The van der Waals surface area contributed by atoms with E-state index >= 15 is 0 Å². The van der Waals surface area contributed by atoms with Crippen molar-refractivity contribution in [2.24, 2.45) is 11.8 Å². The average Bonchev–Trinajstić information content (AvgIpc) is 2.22. The van der Waals surface area contributed by atoms with Crippen LogP contribution in [0.4, 0.5) is 0 Å². The number of hydrogen-bond donors (Lipinski definition) is 0. The van der Waals surface area contributed by atoms with Gasteiger partial charge >= 0.3 is 0 Å². The van der Waals surface area contributed by atoms with E-state index in [0.29, 0.717) is 0 Å². The zero-order valence-electron chi connectivity index (χ0n) is 12.6. The molecule has 0 aromatic carbocycles. The molecule has 0 N–H and O–H groups in total. The molecule has 0 heteroatoms. The summed E-state index contributed by atoms with van der Waals surface area (Å²) in [5.41, 5.74) is 0. The van der Waals surface area contributed by atoms with Crippen molar-refractivity contribution >= 4 is 0 Å². The van der Waals surface area contributed by atoms with E-state index in [2.05, 4.69) is 41.5 Å². The van der Waals surface area contributed by atoms with Crippen LogP contribution < -0.4 is 0 Å². The quantitative estimate of drug-likeness (QED) is 0.505. The molecule has 0 rings (SSSR count). The highest BCUT2D eigenvalue weighted by molar-refractivity contribution is 4.41. The van der Waals surface area contributed by atoms with Gasteiger partial charge in [0.05, 0.1) is 0 Å². The number of hydrogen-bond acceptors (Lipinski definition) is 0. The van der Waals surface area contributed by atoms with Crippen LogP contribution in [0.5, 0.6) is 0 Å². The van der Waals surface area contributed by atoms with Gasteiger partial charge in [-0.05, 0) is 11.8 Å². The third kappa shape index (κ3) is 90.8. The first kappa shape index (κ1) is 23.7. The lowest BCUT2D eigenvalue weighted by Crippen LogP contribution is -1.85. The zero-order chi connectivity index (χ0) is 12.6. The summed E-state index contributed by atoms with van der Waals surface area (Å²) in [6, 6.07) is 0. The highest BCUT2D eigenvalue weighted by atomic mass is 13.9. The largest absolute Gasteiger partial charge is 0.0683 e. The van der Waals surface area contributed by atoms with Crippen molar-refractivity contribution in [1.82, 2.24) is 0 Å². The first-order valence-corrected chi connectivity index (χ1v) is 6.54. The lowest BCUT2D eigenvalue weighted by molar-refractivity contribution is 0.544. The van der Waals surface area contributed by atoms with Crippen molar-refractivity contribution < 1.29 is 0 Å². The second-order valence-electron chi connectivity index (χ2n) is 3.65. The van der Waals surface area contributed by atoms with E-state index in [1.165, 1.54) is 12.8 Å². The van der Waals surface area contributed by atoms with E-state index in [1.54, 1.807) is 0 Å². The molecule has 0 nitrogen and oxygen atoms in total. The van der Waals surface area contributed by atoms with Gasteiger partial charge < -0.3 is 0 Å². The van der Waals surface area contributed by atoms with E-state index in [0.717, 1.165) is 11.8 Å². The minimum atomic E-state index is 0.833. The maximum Gasteiger partial charge on any atom is -0.0448 e. The van der Waals surface area contributed by atoms with E-state index in [-0.39, 0.29) is 0 Å². The summed E-state index contributed by atoms with van der Waals surface area (Å²) in [5, 5.41) is 0. The molecule has 0 spiro atoms. The molecule has 0 saturated carbocycles. The molecule has 0 aromatic rings. The highest BCUT2D eigenvalue weighted by Crippen LogP contribution is 2.02. The smallest absolute Gasteiger partial charge is 0.0448 e. The van der Waals surface area contributed by atoms with Gasteiger partial charge in [0, 0.05) is 0 Å². The van der Waals surface area contributed by atoms with Gasteiger partial charge in [-0.3, -0.25) is 0 Å². The van der Waals surface area contributed by atoms with Crippen LogP contribution in [0.3, 0.4) is 0 Å². The van der Waals surface area contributed by atoms with Gasteiger partial charge in [-0.25, -0.2) is 0 Å². The first-order chi connectivity index (χ1) is 6.54. The van der Waals surface area contributed by atoms with Crippen molar-refractivity contribution in [3.05, 3.63) is 0 Å². The Labute approximate surface area is 94.5 Å². The molecular formula is C14H36. The molecule has 0 aliphatic heterocycles. The van der Waals surface area contributed by atoms with Crippen LogP contribution in [0, 0.1) is 11.8 Å². The molecule has 0 aliphatic carbocycles. The third-order valence-electron chi connectivity index (χ3n) is 1.39. The Kier molecular flexibility index (Phi) is 49.4. The van der Waals surface area contributed by atoms with Crippen molar-refractivity contribution in [1.29, 1.82) is 0 Å². The van der Waals surface area contributed by atoms with E-state index < -0.39 is 0 Å². The minimum absolute atomic E-state index is 0.833. The molecule has 92 valence electrons.